The molecule has 0 saturated heterocycles. The van der Waals surface area contributed by atoms with Crippen LogP contribution in [0, 0.1) is 18.3 Å². The topological polar surface area (TPSA) is 65.9 Å². The Morgan fingerprint density at radius 3 is 2.80 bits per heavy atom. The van der Waals surface area contributed by atoms with Crippen molar-refractivity contribution >= 4 is 15.9 Å². The number of hydrogen-bond donors (Lipinski definition) is 1. The van der Waals surface area contributed by atoms with Crippen LogP contribution in [0.15, 0.2) is 35.1 Å². The van der Waals surface area contributed by atoms with Gasteiger partial charge in [-0.2, -0.15) is 5.26 Å². The number of alkyl halides is 1. The van der Waals surface area contributed by atoms with E-state index < -0.39 is 0 Å². The third-order valence-corrected chi connectivity index (χ3v) is 3.12. The average Bonchev–Trinajstić information content (AvgIpc) is 2.44. The minimum absolute atomic E-state index is 0.102. The van der Waals surface area contributed by atoms with E-state index in [1.165, 1.54) is 0 Å². The molecule has 0 aliphatic carbocycles. The number of nitrogens with zero attached hydrogens (tertiary/aromatic N) is 1. The monoisotopic (exact) mass is 332 g/mol. The van der Waals surface area contributed by atoms with E-state index in [1.54, 1.807) is 13.0 Å². The van der Waals surface area contributed by atoms with Gasteiger partial charge in [0.25, 0.3) is 5.56 Å². The maximum Gasteiger partial charge on any atom is 0.266 e. The van der Waals surface area contributed by atoms with Crippen molar-refractivity contribution in [1.29, 1.82) is 5.26 Å². The van der Waals surface area contributed by atoms with Gasteiger partial charge in [0.05, 0.1) is 6.61 Å². The second-order valence-corrected chi connectivity index (χ2v) is 5.01. The Hall–Kier alpha value is -2.06. The van der Waals surface area contributed by atoms with E-state index in [9.17, 15) is 10.1 Å². The summed E-state index contributed by atoms with van der Waals surface area (Å²) in [5.74, 6) is 0.661. The molecule has 0 saturated carbocycles. The summed E-state index contributed by atoms with van der Waals surface area (Å²) in [6, 6.07) is 11.1. The van der Waals surface area contributed by atoms with Gasteiger partial charge in [0.2, 0.25) is 0 Å². The number of ether oxygens (including phenoxy) is 1. The Bertz CT molecular complexity index is 717. The lowest BCUT2D eigenvalue weighted by Gasteiger charge is -2.12. The number of para-hydroxylation sites is 1. The van der Waals surface area contributed by atoms with Gasteiger partial charge in [0, 0.05) is 22.2 Å². The second kappa shape index (κ2) is 6.40. The zero-order chi connectivity index (χ0) is 14.5. The highest BCUT2D eigenvalue weighted by Crippen LogP contribution is 2.31. The van der Waals surface area contributed by atoms with Crippen LogP contribution < -0.4 is 10.3 Å². The van der Waals surface area contributed by atoms with E-state index in [-0.39, 0.29) is 11.1 Å². The molecule has 0 unspecified atom stereocenters. The maximum absolute atomic E-state index is 11.9. The number of pyridine rings is 1. The first kappa shape index (κ1) is 14.4. The fourth-order valence-electron chi connectivity index (χ4n) is 1.98. The summed E-state index contributed by atoms with van der Waals surface area (Å²) in [6.45, 7) is 2.30. The Labute approximate surface area is 125 Å². The van der Waals surface area contributed by atoms with Crippen molar-refractivity contribution in [3.63, 3.8) is 0 Å². The van der Waals surface area contributed by atoms with E-state index in [1.807, 2.05) is 30.3 Å². The smallest absolute Gasteiger partial charge is 0.266 e. The van der Waals surface area contributed by atoms with Crippen LogP contribution in [0.3, 0.4) is 0 Å². The molecule has 2 aromatic rings. The van der Waals surface area contributed by atoms with Crippen LogP contribution in [0.4, 0.5) is 0 Å². The molecule has 1 aromatic heterocycles. The highest BCUT2D eigenvalue weighted by molar-refractivity contribution is 9.09. The van der Waals surface area contributed by atoms with Crippen LogP contribution >= 0.6 is 15.9 Å². The quantitative estimate of drug-likeness (QED) is 0.875. The van der Waals surface area contributed by atoms with Crippen LogP contribution in [0.2, 0.25) is 0 Å². The summed E-state index contributed by atoms with van der Waals surface area (Å²) >= 11 is 3.31. The van der Waals surface area contributed by atoms with Crippen LogP contribution in [0.1, 0.15) is 11.3 Å². The highest BCUT2D eigenvalue weighted by atomic mass is 79.9. The van der Waals surface area contributed by atoms with Crippen molar-refractivity contribution in [1.82, 2.24) is 4.98 Å². The van der Waals surface area contributed by atoms with Gasteiger partial charge in [-0.05, 0) is 19.1 Å². The van der Waals surface area contributed by atoms with Gasteiger partial charge in [-0.1, -0.05) is 34.1 Å². The number of nitrogens with one attached hydrogen (secondary N) is 1. The Balaban J connectivity index is 2.63. The van der Waals surface area contributed by atoms with Gasteiger partial charge < -0.3 is 9.72 Å². The van der Waals surface area contributed by atoms with Gasteiger partial charge in [0.15, 0.2) is 0 Å². The standard InChI is InChI=1S/C15H13BrN2O2/c1-10-8-12(13(9-17)15(19)18-10)11-4-2-3-5-14(11)20-7-6-16/h2-5,8H,6-7H2,1H3,(H,18,19). The first-order valence-electron chi connectivity index (χ1n) is 6.09. The van der Waals surface area contributed by atoms with E-state index >= 15 is 0 Å². The number of H-pyrrole nitrogens is 1. The van der Waals surface area contributed by atoms with Crippen molar-refractivity contribution in [3.8, 4) is 22.9 Å². The van der Waals surface area contributed by atoms with Crippen molar-refractivity contribution in [2.45, 2.75) is 6.92 Å². The Morgan fingerprint density at radius 1 is 1.35 bits per heavy atom. The van der Waals surface area contributed by atoms with Crippen LogP contribution in [-0.4, -0.2) is 16.9 Å². The van der Waals surface area contributed by atoms with Crippen molar-refractivity contribution in [3.05, 3.63) is 51.9 Å². The molecule has 0 fully saturated rings. The lowest BCUT2D eigenvalue weighted by molar-refractivity contribution is 0.346. The third-order valence-electron chi connectivity index (χ3n) is 2.79. The predicted molar refractivity (Wildman–Crippen MR) is 81.2 cm³/mol. The molecule has 0 radical (unpaired) electrons. The number of aromatic nitrogens is 1. The van der Waals surface area contributed by atoms with Gasteiger partial charge in [-0.25, -0.2) is 0 Å². The minimum atomic E-state index is -0.377. The first-order chi connectivity index (χ1) is 9.67. The molecule has 0 aliphatic rings. The lowest BCUT2D eigenvalue weighted by Crippen LogP contribution is -2.13. The summed E-state index contributed by atoms with van der Waals surface area (Å²) in [7, 11) is 0. The van der Waals surface area contributed by atoms with Gasteiger partial charge >= 0.3 is 0 Å². The van der Waals surface area contributed by atoms with Crippen LogP contribution in [0.25, 0.3) is 11.1 Å². The molecular formula is C15H13BrN2O2. The number of rotatable bonds is 4. The maximum atomic E-state index is 11.9. The molecule has 20 heavy (non-hydrogen) atoms. The average molecular weight is 333 g/mol. The molecule has 2 rings (SSSR count). The van der Waals surface area contributed by atoms with Gasteiger partial charge in [-0.15, -0.1) is 0 Å². The molecule has 5 heteroatoms. The summed E-state index contributed by atoms with van der Waals surface area (Å²) < 4.78 is 5.65. The minimum Gasteiger partial charge on any atom is -0.492 e. The van der Waals surface area contributed by atoms with E-state index in [2.05, 4.69) is 20.9 Å². The number of aromatic amines is 1. The zero-order valence-corrected chi connectivity index (χ0v) is 12.5. The van der Waals surface area contributed by atoms with E-state index in [0.29, 0.717) is 28.9 Å². The summed E-state index contributed by atoms with van der Waals surface area (Å²) in [6.07, 6.45) is 0. The summed E-state index contributed by atoms with van der Waals surface area (Å²) in [4.78, 5) is 14.5. The molecule has 0 aliphatic heterocycles. The van der Waals surface area contributed by atoms with E-state index in [4.69, 9.17) is 4.74 Å². The number of aryl methyl sites for hydroxylation is 1. The first-order valence-corrected chi connectivity index (χ1v) is 7.21. The zero-order valence-electron chi connectivity index (χ0n) is 10.9. The SMILES string of the molecule is Cc1cc(-c2ccccc2OCCBr)c(C#N)c(=O)[nH]1. The molecule has 1 aromatic carbocycles. The second-order valence-electron chi connectivity index (χ2n) is 4.22. The third kappa shape index (κ3) is 2.91. The van der Waals surface area contributed by atoms with Crippen LogP contribution in [-0.2, 0) is 0 Å². The largest absolute Gasteiger partial charge is 0.492 e. The Kier molecular flexibility index (Phi) is 4.59. The summed E-state index contributed by atoms with van der Waals surface area (Å²) in [5.41, 5.74) is 1.78. The fraction of sp³-hybridized carbons (Fsp3) is 0.200. The van der Waals surface area contributed by atoms with Crippen molar-refractivity contribution < 1.29 is 4.74 Å². The normalized spacial score (nSPS) is 10.1. The molecule has 0 bridgehead atoms. The number of benzene rings is 1. The fourth-order valence-corrected chi connectivity index (χ4v) is 2.14. The van der Waals surface area contributed by atoms with Gasteiger partial charge in [-0.3, -0.25) is 4.79 Å². The lowest BCUT2D eigenvalue weighted by atomic mass is 10.0. The molecular weight excluding hydrogens is 320 g/mol. The number of hydrogen-bond acceptors (Lipinski definition) is 3. The summed E-state index contributed by atoms with van der Waals surface area (Å²) in [5, 5.41) is 9.91. The van der Waals surface area contributed by atoms with Crippen molar-refractivity contribution in [2.75, 3.05) is 11.9 Å². The molecule has 0 amide bonds. The van der Waals surface area contributed by atoms with Crippen LogP contribution in [0.5, 0.6) is 5.75 Å². The predicted octanol–water partition coefficient (Wildman–Crippen LogP) is 3.00. The van der Waals surface area contributed by atoms with Gasteiger partial charge in [0.1, 0.15) is 17.4 Å². The molecule has 4 nitrogen and oxygen atoms in total. The molecule has 0 atom stereocenters. The van der Waals surface area contributed by atoms with Crippen molar-refractivity contribution in [2.24, 2.45) is 0 Å². The number of nitriles is 1. The van der Waals surface area contributed by atoms with E-state index in [0.717, 1.165) is 5.56 Å². The molecule has 1 N–H and O–H groups in total. The molecule has 0 spiro atoms. The Morgan fingerprint density at radius 2 is 2.10 bits per heavy atom. The molecule has 102 valence electrons. The molecule has 1 heterocycles. The number of halogens is 1. The highest BCUT2D eigenvalue weighted by Gasteiger charge is 2.13.